The van der Waals surface area contributed by atoms with E-state index in [-0.39, 0.29) is 17.9 Å². The SMILES string of the molecule is COC(=O)[C@]12CO[C@H](C(C)(C)C)N1C(=O)/C(=C(/C)O)C2O. The molecule has 2 fully saturated rings. The summed E-state index contributed by atoms with van der Waals surface area (Å²) in [6, 6.07) is 0. The standard InChI is InChI=1S/C14H21NO6/c1-7(16)8-9(17)14(12(19)20-5)6-21-11(13(2,3)4)15(14)10(8)18/h9,11,16-17H,6H2,1-5H3/b8-7-/t9?,11-,14-/m1/s1. The number of carbonyl (C=O) groups excluding carboxylic acids is 2. The van der Waals surface area contributed by atoms with E-state index in [1.54, 1.807) is 0 Å². The van der Waals surface area contributed by atoms with Crippen molar-refractivity contribution >= 4 is 11.9 Å². The van der Waals surface area contributed by atoms with Crippen LogP contribution in [0.4, 0.5) is 0 Å². The molecule has 0 bridgehead atoms. The van der Waals surface area contributed by atoms with E-state index >= 15 is 0 Å². The smallest absolute Gasteiger partial charge is 0.337 e. The average molecular weight is 299 g/mol. The van der Waals surface area contributed by atoms with Crippen LogP contribution in [0.25, 0.3) is 0 Å². The number of esters is 1. The first-order valence-corrected chi connectivity index (χ1v) is 6.70. The Hall–Kier alpha value is -1.60. The summed E-state index contributed by atoms with van der Waals surface area (Å²) in [5, 5.41) is 20.2. The van der Waals surface area contributed by atoms with E-state index in [0.29, 0.717) is 0 Å². The van der Waals surface area contributed by atoms with Gasteiger partial charge >= 0.3 is 5.97 Å². The van der Waals surface area contributed by atoms with Crippen LogP contribution in [0.1, 0.15) is 27.7 Å². The van der Waals surface area contributed by atoms with E-state index in [1.807, 2.05) is 20.8 Å². The molecule has 0 radical (unpaired) electrons. The molecule has 2 rings (SSSR count). The first-order valence-electron chi connectivity index (χ1n) is 6.70. The fourth-order valence-corrected chi connectivity index (χ4v) is 2.98. The Kier molecular flexibility index (Phi) is 3.54. The summed E-state index contributed by atoms with van der Waals surface area (Å²) >= 11 is 0. The first-order chi connectivity index (χ1) is 9.59. The van der Waals surface area contributed by atoms with Crippen LogP contribution in [-0.4, -0.2) is 58.6 Å². The van der Waals surface area contributed by atoms with Gasteiger partial charge in [0.15, 0.2) is 5.54 Å². The maximum Gasteiger partial charge on any atom is 0.337 e. The van der Waals surface area contributed by atoms with Gasteiger partial charge < -0.3 is 19.7 Å². The number of amides is 1. The molecule has 2 N–H and O–H groups in total. The highest BCUT2D eigenvalue weighted by atomic mass is 16.6. The molecule has 7 nitrogen and oxygen atoms in total. The molecule has 2 heterocycles. The highest BCUT2D eigenvalue weighted by molar-refractivity contribution is 6.05. The fourth-order valence-electron chi connectivity index (χ4n) is 2.98. The van der Waals surface area contributed by atoms with Crippen LogP contribution in [0.15, 0.2) is 11.3 Å². The van der Waals surface area contributed by atoms with Crippen molar-refractivity contribution in [2.45, 2.75) is 45.6 Å². The van der Waals surface area contributed by atoms with Crippen molar-refractivity contribution in [3.05, 3.63) is 11.3 Å². The minimum Gasteiger partial charge on any atom is -0.512 e. The lowest BCUT2D eigenvalue weighted by atomic mass is 9.90. The van der Waals surface area contributed by atoms with Crippen LogP contribution in [0, 0.1) is 5.41 Å². The number of hydrogen-bond donors (Lipinski definition) is 2. The Bertz CT molecular complexity index is 516. The van der Waals surface area contributed by atoms with Crippen molar-refractivity contribution < 1.29 is 29.3 Å². The lowest BCUT2D eigenvalue weighted by molar-refractivity contribution is -0.161. The number of fused-ring (bicyclic) bond motifs is 1. The molecule has 2 saturated heterocycles. The van der Waals surface area contributed by atoms with Crippen LogP contribution in [0.5, 0.6) is 0 Å². The Morgan fingerprint density at radius 1 is 1.48 bits per heavy atom. The highest BCUT2D eigenvalue weighted by Gasteiger charge is 2.69. The number of rotatable bonds is 1. The van der Waals surface area contributed by atoms with E-state index < -0.39 is 35.2 Å². The van der Waals surface area contributed by atoms with Gasteiger partial charge in [-0.1, -0.05) is 20.8 Å². The number of aliphatic hydroxyl groups is 2. The van der Waals surface area contributed by atoms with E-state index in [2.05, 4.69) is 0 Å². The minimum atomic E-state index is -1.64. The summed E-state index contributed by atoms with van der Waals surface area (Å²) in [5.74, 6) is -1.67. The van der Waals surface area contributed by atoms with E-state index in [9.17, 15) is 19.8 Å². The molecule has 118 valence electrons. The van der Waals surface area contributed by atoms with Gasteiger partial charge in [0.2, 0.25) is 0 Å². The van der Waals surface area contributed by atoms with Gasteiger partial charge in [-0.2, -0.15) is 0 Å². The second-order valence-electron chi connectivity index (χ2n) is 6.52. The summed E-state index contributed by atoms with van der Waals surface area (Å²) in [4.78, 5) is 26.0. The van der Waals surface area contributed by atoms with E-state index in [0.717, 1.165) is 0 Å². The molecule has 2 aliphatic heterocycles. The molecule has 0 spiro atoms. The molecular weight excluding hydrogens is 278 g/mol. The second-order valence-corrected chi connectivity index (χ2v) is 6.52. The van der Waals surface area contributed by atoms with E-state index in [4.69, 9.17) is 9.47 Å². The number of allylic oxidation sites excluding steroid dienone is 1. The third-order valence-electron chi connectivity index (χ3n) is 3.97. The predicted octanol–water partition coefficient (Wildman–Crippen LogP) is 0.336. The first kappa shape index (κ1) is 15.8. The summed E-state index contributed by atoms with van der Waals surface area (Å²) < 4.78 is 10.4. The number of methoxy groups -OCH3 is 1. The van der Waals surface area contributed by atoms with Gasteiger partial charge in [0.05, 0.1) is 19.3 Å². The van der Waals surface area contributed by atoms with Crippen molar-refractivity contribution in [2.75, 3.05) is 13.7 Å². The van der Waals surface area contributed by atoms with Crippen molar-refractivity contribution in [3.63, 3.8) is 0 Å². The summed E-state index contributed by atoms with van der Waals surface area (Å²) in [5.41, 5.74) is -2.29. The lowest BCUT2D eigenvalue weighted by Crippen LogP contribution is -2.59. The van der Waals surface area contributed by atoms with Gasteiger partial charge in [0, 0.05) is 5.41 Å². The zero-order chi connectivity index (χ0) is 16.2. The molecule has 0 aliphatic carbocycles. The summed E-state index contributed by atoms with van der Waals surface area (Å²) in [6.45, 7) is 6.70. The third kappa shape index (κ3) is 1.95. The maximum atomic E-state index is 12.6. The van der Waals surface area contributed by atoms with Crippen molar-refractivity contribution in [1.82, 2.24) is 4.90 Å². The number of nitrogens with zero attached hydrogens (tertiary/aromatic N) is 1. The molecule has 1 unspecified atom stereocenters. The third-order valence-corrected chi connectivity index (χ3v) is 3.97. The number of aliphatic hydroxyl groups excluding tert-OH is 2. The molecule has 0 aromatic carbocycles. The fraction of sp³-hybridized carbons (Fsp3) is 0.714. The summed E-state index contributed by atoms with van der Waals surface area (Å²) in [7, 11) is 1.18. The zero-order valence-corrected chi connectivity index (χ0v) is 12.8. The van der Waals surface area contributed by atoms with Crippen LogP contribution in [0.3, 0.4) is 0 Å². The van der Waals surface area contributed by atoms with Crippen LogP contribution in [0.2, 0.25) is 0 Å². The van der Waals surface area contributed by atoms with Crippen LogP contribution < -0.4 is 0 Å². The molecular formula is C14H21NO6. The Morgan fingerprint density at radius 3 is 2.48 bits per heavy atom. The average Bonchev–Trinajstić information content (AvgIpc) is 2.85. The van der Waals surface area contributed by atoms with Gasteiger partial charge in [0.25, 0.3) is 5.91 Å². The Balaban J connectivity index is 2.63. The molecule has 0 saturated carbocycles. The quantitative estimate of drug-likeness (QED) is 0.412. The van der Waals surface area contributed by atoms with Gasteiger partial charge in [-0.15, -0.1) is 0 Å². The minimum absolute atomic E-state index is 0.175. The van der Waals surface area contributed by atoms with E-state index in [1.165, 1.54) is 18.9 Å². The number of hydrogen-bond acceptors (Lipinski definition) is 6. The van der Waals surface area contributed by atoms with Crippen LogP contribution in [-0.2, 0) is 19.1 Å². The molecule has 1 amide bonds. The molecule has 2 aliphatic rings. The molecule has 3 atom stereocenters. The van der Waals surface area contributed by atoms with Crippen molar-refractivity contribution in [1.29, 1.82) is 0 Å². The molecule has 0 aromatic rings. The molecule has 21 heavy (non-hydrogen) atoms. The Labute approximate surface area is 123 Å². The molecule has 0 aromatic heterocycles. The largest absolute Gasteiger partial charge is 0.512 e. The normalized spacial score (nSPS) is 35.0. The van der Waals surface area contributed by atoms with Gasteiger partial charge in [-0.3, -0.25) is 9.69 Å². The van der Waals surface area contributed by atoms with Crippen molar-refractivity contribution in [3.8, 4) is 0 Å². The number of ether oxygens (including phenoxy) is 2. The summed E-state index contributed by atoms with van der Waals surface area (Å²) in [6.07, 6.45) is -2.19. The van der Waals surface area contributed by atoms with Crippen LogP contribution >= 0.6 is 0 Å². The van der Waals surface area contributed by atoms with Gasteiger partial charge in [-0.05, 0) is 6.92 Å². The maximum absolute atomic E-state index is 12.6. The Morgan fingerprint density at radius 2 is 2.05 bits per heavy atom. The highest BCUT2D eigenvalue weighted by Crippen LogP contribution is 2.47. The van der Waals surface area contributed by atoms with Gasteiger partial charge in [-0.25, -0.2) is 4.79 Å². The molecule has 7 heteroatoms. The lowest BCUT2D eigenvalue weighted by Gasteiger charge is -2.36. The topological polar surface area (TPSA) is 96.3 Å². The monoisotopic (exact) mass is 299 g/mol. The van der Waals surface area contributed by atoms with Crippen molar-refractivity contribution in [2.24, 2.45) is 5.41 Å². The van der Waals surface area contributed by atoms with Gasteiger partial charge in [0.1, 0.15) is 18.1 Å². The predicted molar refractivity (Wildman–Crippen MR) is 72.1 cm³/mol. The number of carbonyl (C=O) groups is 2. The zero-order valence-electron chi connectivity index (χ0n) is 12.8. The second kappa shape index (κ2) is 4.71.